The molecule has 1 aromatic rings. The van der Waals surface area contributed by atoms with Gasteiger partial charge in [-0.15, -0.1) is 0 Å². The summed E-state index contributed by atoms with van der Waals surface area (Å²) in [5, 5.41) is 4.70. The molecular weight excluding hydrogens is 266 g/mol. The van der Waals surface area contributed by atoms with Gasteiger partial charge in [-0.2, -0.15) is 0 Å². The largest absolute Gasteiger partial charge is 0.309 e. The van der Waals surface area contributed by atoms with Gasteiger partial charge in [0.2, 0.25) is 0 Å². The van der Waals surface area contributed by atoms with Crippen molar-refractivity contribution in [2.24, 2.45) is 5.41 Å². The van der Waals surface area contributed by atoms with E-state index >= 15 is 0 Å². The number of benzene rings is 1. The Morgan fingerprint density at radius 3 is 2.45 bits per heavy atom. The van der Waals surface area contributed by atoms with Crippen LogP contribution in [0.4, 0.5) is 0 Å². The van der Waals surface area contributed by atoms with Crippen molar-refractivity contribution in [2.45, 2.75) is 65.8 Å². The van der Waals surface area contributed by atoms with E-state index in [0.717, 1.165) is 11.6 Å². The molecule has 1 aromatic carbocycles. The molecule has 0 saturated heterocycles. The Hall–Kier alpha value is -0.530. The van der Waals surface area contributed by atoms with Crippen LogP contribution in [-0.2, 0) is 0 Å². The summed E-state index contributed by atoms with van der Waals surface area (Å²) in [5.74, 6) is 0. The zero-order valence-corrected chi connectivity index (χ0v) is 14.1. The van der Waals surface area contributed by atoms with Crippen LogP contribution in [0, 0.1) is 19.3 Å². The summed E-state index contributed by atoms with van der Waals surface area (Å²) in [7, 11) is 0. The molecule has 112 valence electrons. The Bertz CT molecular complexity index is 461. The number of aryl methyl sites for hydroxylation is 2. The molecule has 0 heterocycles. The van der Waals surface area contributed by atoms with E-state index in [9.17, 15) is 0 Å². The summed E-state index contributed by atoms with van der Waals surface area (Å²) in [6.45, 7) is 10.1. The van der Waals surface area contributed by atoms with Gasteiger partial charge < -0.3 is 5.32 Å². The predicted octanol–water partition coefficient (Wildman–Crippen LogP) is 5.58. The average molecular weight is 294 g/mol. The van der Waals surface area contributed by atoms with Crippen molar-refractivity contribution in [3.8, 4) is 0 Å². The predicted molar refractivity (Wildman–Crippen MR) is 88.5 cm³/mol. The van der Waals surface area contributed by atoms with Gasteiger partial charge in [0.1, 0.15) is 0 Å². The van der Waals surface area contributed by atoms with Crippen molar-refractivity contribution in [1.82, 2.24) is 5.32 Å². The molecule has 1 unspecified atom stereocenters. The van der Waals surface area contributed by atoms with Gasteiger partial charge in [-0.25, -0.2) is 0 Å². The van der Waals surface area contributed by atoms with Crippen LogP contribution >= 0.6 is 11.6 Å². The lowest BCUT2D eigenvalue weighted by Gasteiger charge is -2.36. The fourth-order valence-corrected chi connectivity index (χ4v) is 3.82. The lowest BCUT2D eigenvalue weighted by Crippen LogP contribution is -2.35. The van der Waals surface area contributed by atoms with E-state index in [1.807, 2.05) is 0 Å². The minimum Gasteiger partial charge on any atom is -0.309 e. The van der Waals surface area contributed by atoms with Crippen molar-refractivity contribution in [3.05, 3.63) is 33.8 Å². The molecule has 2 heteroatoms. The molecule has 1 aliphatic rings. The third kappa shape index (κ3) is 3.20. The fourth-order valence-electron chi connectivity index (χ4n) is 3.61. The average Bonchev–Trinajstić information content (AvgIpc) is 2.83. The number of rotatable bonds is 5. The fraction of sp³-hybridized carbons (Fsp3) is 0.667. The first-order chi connectivity index (χ1) is 9.48. The Balaban J connectivity index is 2.38. The molecule has 1 nitrogen and oxygen atoms in total. The molecule has 2 rings (SSSR count). The first-order valence-corrected chi connectivity index (χ1v) is 8.36. The van der Waals surface area contributed by atoms with E-state index in [4.69, 9.17) is 11.6 Å². The summed E-state index contributed by atoms with van der Waals surface area (Å²) in [6, 6.07) is 4.89. The van der Waals surface area contributed by atoms with Crippen LogP contribution in [0.1, 0.15) is 68.7 Å². The molecule has 0 aromatic heterocycles. The van der Waals surface area contributed by atoms with Crippen molar-refractivity contribution >= 4 is 11.6 Å². The van der Waals surface area contributed by atoms with Gasteiger partial charge in [-0.3, -0.25) is 0 Å². The summed E-state index contributed by atoms with van der Waals surface area (Å²) in [4.78, 5) is 0. The topological polar surface area (TPSA) is 12.0 Å². The Morgan fingerprint density at radius 1 is 1.20 bits per heavy atom. The molecule has 0 aliphatic heterocycles. The minimum atomic E-state index is 0.389. The van der Waals surface area contributed by atoms with Crippen molar-refractivity contribution < 1.29 is 0 Å². The standard InChI is InChI=1S/C18H28ClN/c1-5-10-20-17(18(4)8-6-7-9-18)15-11-14(3)16(19)12-13(15)2/h11-12,17,20H,5-10H2,1-4H3. The molecule has 1 atom stereocenters. The van der Waals surface area contributed by atoms with Gasteiger partial charge in [0, 0.05) is 11.1 Å². The molecule has 1 aliphatic carbocycles. The van der Waals surface area contributed by atoms with Crippen molar-refractivity contribution in [1.29, 1.82) is 0 Å². The zero-order valence-electron chi connectivity index (χ0n) is 13.4. The van der Waals surface area contributed by atoms with Crippen LogP contribution in [0.3, 0.4) is 0 Å². The van der Waals surface area contributed by atoms with Gasteiger partial charge in [0.25, 0.3) is 0 Å². The smallest absolute Gasteiger partial charge is 0.0438 e. The van der Waals surface area contributed by atoms with E-state index in [0.29, 0.717) is 11.5 Å². The third-order valence-corrected chi connectivity index (χ3v) is 5.31. The van der Waals surface area contributed by atoms with Gasteiger partial charge >= 0.3 is 0 Å². The maximum Gasteiger partial charge on any atom is 0.0438 e. The van der Waals surface area contributed by atoms with Crippen LogP contribution in [0.25, 0.3) is 0 Å². The SMILES string of the molecule is CCCNC(c1cc(C)c(Cl)cc1C)C1(C)CCCC1. The van der Waals surface area contributed by atoms with Gasteiger partial charge in [0.15, 0.2) is 0 Å². The maximum absolute atomic E-state index is 6.27. The Kier molecular flexibility index (Phi) is 5.14. The highest BCUT2D eigenvalue weighted by molar-refractivity contribution is 6.31. The van der Waals surface area contributed by atoms with Gasteiger partial charge in [0.05, 0.1) is 0 Å². The molecular formula is C18H28ClN. The molecule has 1 saturated carbocycles. The minimum absolute atomic E-state index is 0.389. The van der Waals surface area contributed by atoms with Crippen LogP contribution in [0.2, 0.25) is 5.02 Å². The van der Waals surface area contributed by atoms with Gasteiger partial charge in [-0.1, -0.05) is 44.4 Å². The third-order valence-electron chi connectivity index (χ3n) is 4.90. The van der Waals surface area contributed by atoms with E-state index in [-0.39, 0.29) is 0 Å². The molecule has 20 heavy (non-hydrogen) atoms. The zero-order chi connectivity index (χ0) is 14.8. The lowest BCUT2D eigenvalue weighted by molar-refractivity contribution is 0.223. The Morgan fingerprint density at radius 2 is 1.85 bits per heavy atom. The number of hydrogen-bond acceptors (Lipinski definition) is 1. The molecule has 1 N–H and O–H groups in total. The van der Waals surface area contributed by atoms with E-state index < -0.39 is 0 Å². The summed E-state index contributed by atoms with van der Waals surface area (Å²) < 4.78 is 0. The van der Waals surface area contributed by atoms with E-state index in [1.54, 1.807) is 0 Å². The van der Waals surface area contributed by atoms with Gasteiger partial charge in [-0.05, 0) is 67.8 Å². The van der Waals surface area contributed by atoms with Crippen LogP contribution in [0.15, 0.2) is 12.1 Å². The molecule has 1 fully saturated rings. The number of halogens is 1. The van der Waals surface area contributed by atoms with Crippen molar-refractivity contribution in [2.75, 3.05) is 6.54 Å². The molecule has 0 amide bonds. The van der Waals surface area contributed by atoms with Crippen LogP contribution in [-0.4, -0.2) is 6.54 Å². The summed E-state index contributed by atoms with van der Waals surface area (Å²) in [5.41, 5.74) is 4.35. The van der Waals surface area contributed by atoms with E-state index in [2.05, 4.69) is 45.1 Å². The first kappa shape index (κ1) is 15.9. The second-order valence-corrected chi connectivity index (χ2v) is 7.11. The first-order valence-electron chi connectivity index (χ1n) is 7.98. The van der Waals surface area contributed by atoms with Crippen LogP contribution < -0.4 is 5.32 Å². The normalized spacial score (nSPS) is 19.2. The second-order valence-electron chi connectivity index (χ2n) is 6.71. The highest BCUT2D eigenvalue weighted by atomic mass is 35.5. The lowest BCUT2D eigenvalue weighted by atomic mass is 9.76. The number of hydrogen-bond donors (Lipinski definition) is 1. The Labute approximate surface area is 129 Å². The molecule has 0 spiro atoms. The monoisotopic (exact) mass is 293 g/mol. The highest BCUT2D eigenvalue weighted by Gasteiger charge is 2.38. The highest BCUT2D eigenvalue weighted by Crippen LogP contribution is 2.48. The quantitative estimate of drug-likeness (QED) is 0.747. The molecule has 0 radical (unpaired) electrons. The number of nitrogens with one attached hydrogen (secondary N) is 1. The van der Waals surface area contributed by atoms with Crippen molar-refractivity contribution in [3.63, 3.8) is 0 Å². The van der Waals surface area contributed by atoms with E-state index in [1.165, 1.54) is 48.8 Å². The molecule has 0 bridgehead atoms. The summed E-state index contributed by atoms with van der Waals surface area (Å²) in [6.07, 6.45) is 6.57. The maximum atomic E-state index is 6.27. The van der Waals surface area contributed by atoms with Crippen LogP contribution in [0.5, 0.6) is 0 Å². The summed E-state index contributed by atoms with van der Waals surface area (Å²) >= 11 is 6.27. The second kappa shape index (κ2) is 6.49.